The Balaban J connectivity index is 1.47. The van der Waals surface area contributed by atoms with Gasteiger partial charge in [0.1, 0.15) is 11.8 Å². The number of likely N-dealkylation sites (tertiary alicyclic amines) is 1. The Labute approximate surface area is 138 Å². The number of rotatable bonds is 6. The maximum atomic E-state index is 11.8. The lowest BCUT2D eigenvalue weighted by Crippen LogP contribution is -2.28. The second kappa shape index (κ2) is 7.12. The lowest BCUT2D eigenvalue weighted by atomic mass is 10.2. The Hall–Kier alpha value is -2.90. The quantitative estimate of drug-likeness (QED) is 0.850. The minimum atomic E-state index is -0.279. The highest BCUT2D eigenvalue weighted by atomic mass is 16.5. The van der Waals surface area contributed by atoms with E-state index in [9.17, 15) is 9.59 Å². The van der Waals surface area contributed by atoms with Crippen LogP contribution in [-0.2, 0) is 16.1 Å². The Morgan fingerprint density at radius 2 is 2.21 bits per heavy atom. The highest BCUT2D eigenvalue weighted by Gasteiger charge is 2.33. The molecule has 1 aliphatic rings. The average molecular weight is 330 g/mol. The molecule has 1 fully saturated rings. The highest BCUT2D eigenvalue weighted by Crippen LogP contribution is 2.29. The van der Waals surface area contributed by atoms with E-state index in [1.54, 1.807) is 24.1 Å². The van der Waals surface area contributed by atoms with Crippen molar-refractivity contribution < 1.29 is 18.8 Å². The van der Waals surface area contributed by atoms with Gasteiger partial charge in [0, 0.05) is 13.5 Å². The first-order valence-corrected chi connectivity index (χ1v) is 7.66. The van der Waals surface area contributed by atoms with Crippen LogP contribution in [0.3, 0.4) is 0 Å². The first kappa shape index (κ1) is 16.0. The molecule has 24 heavy (non-hydrogen) atoms. The van der Waals surface area contributed by atoms with Gasteiger partial charge in [0.05, 0.1) is 6.54 Å². The SMILES string of the molecule is CN1C(=O)CC[C@H]1c1nc(CNC(=O)COc2ccccc2)no1. The van der Waals surface area contributed by atoms with Crippen LogP contribution in [-0.4, -0.2) is 40.5 Å². The highest BCUT2D eigenvalue weighted by molar-refractivity contribution is 5.78. The van der Waals surface area contributed by atoms with Gasteiger partial charge in [0.2, 0.25) is 11.8 Å². The normalized spacial score (nSPS) is 17.1. The summed E-state index contributed by atoms with van der Waals surface area (Å²) in [6, 6.07) is 8.90. The third-order valence-electron chi connectivity index (χ3n) is 3.82. The zero-order chi connectivity index (χ0) is 16.9. The molecule has 1 saturated heterocycles. The van der Waals surface area contributed by atoms with Crippen LogP contribution in [0.4, 0.5) is 0 Å². The van der Waals surface area contributed by atoms with Crippen molar-refractivity contribution in [3.8, 4) is 5.75 Å². The molecule has 2 aromatic rings. The maximum Gasteiger partial charge on any atom is 0.258 e. The van der Waals surface area contributed by atoms with Gasteiger partial charge < -0.3 is 19.5 Å². The molecule has 3 rings (SSSR count). The van der Waals surface area contributed by atoms with Gasteiger partial charge in [-0.1, -0.05) is 23.4 Å². The van der Waals surface area contributed by atoms with Crippen LogP contribution >= 0.6 is 0 Å². The van der Waals surface area contributed by atoms with Gasteiger partial charge in [-0.15, -0.1) is 0 Å². The number of hydrogen-bond acceptors (Lipinski definition) is 6. The van der Waals surface area contributed by atoms with E-state index in [0.29, 0.717) is 30.3 Å². The molecule has 0 spiro atoms. The molecule has 2 amide bonds. The molecular formula is C16H18N4O4. The molecule has 0 bridgehead atoms. The number of aromatic nitrogens is 2. The van der Waals surface area contributed by atoms with Gasteiger partial charge in [0.15, 0.2) is 12.4 Å². The molecule has 0 saturated carbocycles. The van der Waals surface area contributed by atoms with Crippen molar-refractivity contribution >= 4 is 11.8 Å². The fraction of sp³-hybridized carbons (Fsp3) is 0.375. The summed E-state index contributed by atoms with van der Waals surface area (Å²) in [5.74, 6) is 1.17. The van der Waals surface area contributed by atoms with E-state index >= 15 is 0 Å². The third-order valence-corrected chi connectivity index (χ3v) is 3.82. The fourth-order valence-corrected chi connectivity index (χ4v) is 2.46. The van der Waals surface area contributed by atoms with Crippen LogP contribution in [0.1, 0.15) is 30.6 Å². The Kier molecular flexibility index (Phi) is 4.74. The fourth-order valence-electron chi connectivity index (χ4n) is 2.46. The largest absolute Gasteiger partial charge is 0.484 e. The van der Waals surface area contributed by atoms with Crippen molar-refractivity contribution in [1.82, 2.24) is 20.4 Å². The van der Waals surface area contributed by atoms with Gasteiger partial charge in [-0.25, -0.2) is 0 Å². The topological polar surface area (TPSA) is 97.6 Å². The number of hydrogen-bond donors (Lipinski definition) is 1. The van der Waals surface area contributed by atoms with Gasteiger partial charge in [-0.2, -0.15) is 4.98 Å². The van der Waals surface area contributed by atoms with E-state index in [2.05, 4.69) is 15.5 Å². The van der Waals surface area contributed by atoms with Crippen LogP contribution in [0.5, 0.6) is 5.75 Å². The van der Waals surface area contributed by atoms with Crippen LogP contribution in [0, 0.1) is 0 Å². The molecule has 1 atom stereocenters. The van der Waals surface area contributed by atoms with E-state index in [1.165, 1.54) is 0 Å². The molecule has 0 aliphatic carbocycles. The van der Waals surface area contributed by atoms with Crippen LogP contribution < -0.4 is 10.1 Å². The number of benzene rings is 1. The smallest absolute Gasteiger partial charge is 0.258 e. The number of ether oxygens (including phenoxy) is 1. The summed E-state index contributed by atoms with van der Waals surface area (Å²) in [5.41, 5.74) is 0. The molecule has 1 N–H and O–H groups in total. The standard InChI is InChI=1S/C16H18N4O4/c1-20-12(7-8-15(20)22)16-18-13(19-24-16)9-17-14(21)10-23-11-5-3-2-4-6-11/h2-6,12H,7-10H2,1H3,(H,17,21)/t12-/m0/s1. The van der Waals surface area contributed by atoms with Crippen molar-refractivity contribution in [2.45, 2.75) is 25.4 Å². The summed E-state index contributed by atoms with van der Waals surface area (Å²) in [6.07, 6.45) is 1.14. The summed E-state index contributed by atoms with van der Waals surface area (Å²) in [4.78, 5) is 29.1. The molecule has 0 radical (unpaired) electrons. The molecule has 1 aliphatic heterocycles. The number of carbonyl (C=O) groups excluding carboxylic acids is 2. The minimum Gasteiger partial charge on any atom is -0.484 e. The number of para-hydroxylation sites is 1. The molecule has 126 valence electrons. The molecule has 1 aromatic heterocycles. The van der Waals surface area contributed by atoms with Gasteiger partial charge in [-0.3, -0.25) is 9.59 Å². The van der Waals surface area contributed by atoms with E-state index in [-0.39, 0.29) is 31.0 Å². The van der Waals surface area contributed by atoms with E-state index < -0.39 is 0 Å². The van der Waals surface area contributed by atoms with Crippen molar-refractivity contribution in [3.63, 3.8) is 0 Å². The predicted molar refractivity (Wildman–Crippen MR) is 82.8 cm³/mol. The van der Waals surface area contributed by atoms with Crippen molar-refractivity contribution in [3.05, 3.63) is 42.0 Å². The molecule has 0 unspecified atom stereocenters. The third kappa shape index (κ3) is 3.70. The van der Waals surface area contributed by atoms with Crippen molar-refractivity contribution in [2.24, 2.45) is 0 Å². The van der Waals surface area contributed by atoms with Gasteiger partial charge >= 0.3 is 0 Å². The number of amides is 2. The minimum absolute atomic E-state index is 0.0612. The molecule has 8 heteroatoms. The molecule has 1 aromatic carbocycles. The maximum absolute atomic E-state index is 11.8. The van der Waals surface area contributed by atoms with E-state index in [0.717, 1.165) is 0 Å². The Morgan fingerprint density at radius 3 is 2.92 bits per heavy atom. The van der Waals surface area contributed by atoms with Crippen LogP contribution in [0.2, 0.25) is 0 Å². The first-order chi connectivity index (χ1) is 11.6. The van der Waals surface area contributed by atoms with E-state index in [4.69, 9.17) is 9.26 Å². The molecule has 8 nitrogen and oxygen atoms in total. The number of nitrogens with one attached hydrogen (secondary N) is 1. The second-order valence-electron chi connectivity index (χ2n) is 5.49. The average Bonchev–Trinajstić information content (AvgIpc) is 3.19. The number of nitrogens with zero attached hydrogens (tertiary/aromatic N) is 3. The first-order valence-electron chi connectivity index (χ1n) is 7.66. The summed E-state index contributed by atoms with van der Waals surface area (Å²) >= 11 is 0. The lowest BCUT2D eigenvalue weighted by molar-refractivity contribution is -0.128. The Bertz CT molecular complexity index is 716. The molecule has 2 heterocycles. The van der Waals surface area contributed by atoms with Gasteiger partial charge in [-0.05, 0) is 18.6 Å². The summed E-state index contributed by atoms with van der Waals surface area (Å²) < 4.78 is 10.5. The monoisotopic (exact) mass is 330 g/mol. The molecular weight excluding hydrogens is 312 g/mol. The Morgan fingerprint density at radius 1 is 1.42 bits per heavy atom. The van der Waals surface area contributed by atoms with Crippen LogP contribution in [0.15, 0.2) is 34.9 Å². The van der Waals surface area contributed by atoms with Crippen molar-refractivity contribution in [1.29, 1.82) is 0 Å². The zero-order valence-electron chi connectivity index (χ0n) is 13.3. The predicted octanol–water partition coefficient (Wildman–Crippen LogP) is 1.06. The summed E-state index contributed by atoms with van der Waals surface area (Å²) in [5, 5.41) is 6.49. The van der Waals surface area contributed by atoms with Crippen LogP contribution in [0.25, 0.3) is 0 Å². The summed E-state index contributed by atoms with van der Waals surface area (Å²) in [6.45, 7) is 0.0550. The van der Waals surface area contributed by atoms with E-state index in [1.807, 2.05) is 18.2 Å². The second-order valence-corrected chi connectivity index (χ2v) is 5.49. The van der Waals surface area contributed by atoms with Gasteiger partial charge in [0.25, 0.3) is 5.91 Å². The van der Waals surface area contributed by atoms with Crippen molar-refractivity contribution in [2.75, 3.05) is 13.7 Å². The zero-order valence-corrected chi connectivity index (χ0v) is 13.3. The summed E-state index contributed by atoms with van der Waals surface area (Å²) in [7, 11) is 1.71. The number of carbonyl (C=O) groups is 2. The lowest BCUT2D eigenvalue weighted by Gasteiger charge is -2.14.